The maximum absolute atomic E-state index is 13.2. The van der Waals surface area contributed by atoms with E-state index in [1.165, 1.54) is 0 Å². The highest BCUT2D eigenvalue weighted by Gasteiger charge is 2.42. The third kappa shape index (κ3) is 3.72. The van der Waals surface area contributed by atoms with Crippen LogP contribution in [0.2, 0.25) is 0 Å². The van der Waals surface area contributed by atoms with Crippen LogP contribution >= 0.6 is 0 Å². The van der Waals surface area contributed by atoms with Crippen molar-refractivity contribution in [3.05, 3.63) is 47.9 Å². The molecule has 2 aliphatic rings. The molecule has 0 saturated carbocycles. The van der Waals surface area contributed by atoms with Crippen LogP contribution < -0.4 is 0 Å². The second-order valence-electron chi connectivity index (χ2n) is 9.13. The smallest absolute Gasteiger partial charge is 0.257 e. The van der Waals surface area contributed by atoms with Crippen molar-refractivity contribution in [1.82, 2.24) is 33.9 Å². The highest BCUT2D eigenvalue weighted by atomic mass is 16.3. The van der Waals surface area contributed by atoms with Crippen molar-refractivity contribution in [2.24, 2.45) is 12.5 Å². The van der Waals surface area contributed by atoms with Crippen LogP contribution in [0, 0.1) is 12.3 Å². The Kier molecular flexibility index (Phi) is 5.02. The fraction of sp³-hybridized carbons (Fsp3) is 0.545. The molecule has 3 aromatic rings. The predicted octanol–water partition coefficient (Wildman–Crippen LogP) is 1.26. The number of β-amino-alcohol motifs (C(OH)–C–C–N with tert-alkyl or cyclic N) is 1. The third-order valence-electron chi connectivity index (χ3n) is 6.98. The molecule has 1 spiro atoms. The van der Waals surface area contributed by atoms with E-state index in [9.17, 15) is 9.90 Å². The first-order valence-corrected chi connectivity index (χ1v) is 10.9. The zero-order valence-electron chi connectivity index (χ0n) is 18.1. The molecule has 0 aliphatic carbocycles. The Morgan fingerprint density at radius 1 is 1.26 bits per heavy atom. The van der Waals surface area contributed by atoms with E-state index in [2.05, 4.69) is 20.0 Å². The molecule has 1 unspecified atom stereocenters. The Bertz CT molecular complexity index is 1100. The minimum absolute atomic E-state index is 0.0125. The van der Waals surface area contributed by atoms with Crippen LogP contribution in [-0.2, 0) is 13.6 Å². The Hall–Kier alpha value is -2.78. The van der Waals surface area contributed by atoms with E-state index in [1.54, 1.807) is 16.9 Å². The molecule has 1 amide bonds. The molecule has 31 heavy (non-hydrogen) atoms. The lowest BCUT2D eigenvalue weighted by atomic mass is 9.71. The number of amides is 1. The zero-order chi connectivity index (χ0) is 21.6. The van der Waals surface area contributed by atoms with E-state index in [1.807, 2.05) is 41.9 Å². The zero-order valence-corrected chi connectivity index (χ0v) is 18.1. The molecule has 0 bridgehead atoms. The number of aliphatic hydroxyl groups is 1. The monoisotopic (exact) mass is 423 g/mol. The molecule has 164 valence electrons. The summed E-state index contributed by atoms with van der Waals surface area (Å²) in [6.07, 6.45) is 9.36. The molecule has 5 heterocycles. The minimum Gasteiger partial charge on any atom is -0.392 e. The number of piperidine rings is 2. The molecule has 2 fully saturated rings. The van der Waals surface area contributed by atoms with Crippen LogP contribution in [0.15, 0.2) is 30.9 Å². The molecule has 0 radical (unpaired) electrons. The number of hydrogen-bond acceptors (Lipinski definition) is 6. The van der Waals surface area contributed by atoms with Gasteiger partial charge >= 0.3 is 0 Å². The standard InChI is InChI=1S/C22H29N7O2/c1-16-18(12-24-19-3-6-25-29(16)19)21(31)28-8-4-22(5-9-28)11-17(30)13-27(15-22)14-20-23-7-10-26(20)2/h3,6-7,10,12,17,30H,4-5,8-9,11,13-15H2,1-2H3. The molecule has 0 aromatic carbocycles. The number of aryl methyl sites for hydroxylation is 2. The van der Waals surface area contributed by atoms with Gasteiger partial charge in [0.25, 0.3) is 5.91 Å². The topological polar surface area (TPSA) is 91.8 Å². The van der Waals surface area contributed by atoms with Gasteiger partial charge in [-0.05, 0) is 31.6 Å². The first-order valence-electron chi connectivity index (χ1n) is 10.9. The van der Waals surface area contributed by atoms with Gasteiger partial charge in [0, 0.05) is 57.9 Å². The maximum Gasteiger partial charge on any atom is 0.257 e. The van der Waals surface area contributed by atoms with E-state index in [0.29, 0.717) is 25.2 Å². The minimum atomic E-state index is -0.343. The molecule has 1 N–H and O–H groups in total. The Morgan fingerprint density at radius 3 is 2.81 bits per heavy atom. The van der Waals surface area contributed by atoms with E-state index in [0.717, 1.165) is 49.5 Å². The number of hydrogen-bond donors (Lipinski definition) is 1. The van der Waals surface area contributed by atoms with Gasteiger partial charge in [-0.2, -0.15) is 5.10 Å². The number of rotatable bonds is 3. The summed E-state index contributed by atoms with van der Waals surface area (Å²) in [6, 6.07) is 1.83. The highest BCUT2D eigenvalue weighted by molar-refractivity contribution is 5.95. The van der Waals surface area contributed by atoms with Crippen LogP contribution in [0.1, 0.15) is 41.1 Å². The Balaban J connectivity index is 1.27. The normalized spacial score (nSPS) is 21.8. The van der Waals surface area contributed by atoms with Crippen LogP contribution in [0.4, 0.5) is 0 Å². The van der Waals surface area contributed by atoms with Crippen LogP contribution in [-0.4, -0.2) is 77.2 Å². The van der Waals surface area contributed by atoms with Crippen molar-refractivity contribution in [2.45, 2.75) is 38.8 Å². The lowest BCUT2D eigenvalue weighted by Crippen LogP contribution is -2.54. The number of carbonyl (C=O) groups is 1. The summed E-state index contributed by atoms with van der Waals surface area (Å²) in [4.78, 5) is 26.3. The van der Waals surface area contributed by atoms with Gasteiger partial charge in [0.1, 0.15) is 5.82 Å². The maximum atomic E-state index is 13.2. The SMILES string of the molecule is Cc1c(C(=O)N2CCC3(CC2)CC(O)CN(Cc2nccn2C)C3)cnc2ccnn12. The summed E-state index contributed by atoms with van der Waals surface area (Å²) in [6.45, 7) is 5.63. The lowest BCUT2D eigenvalue weighted by Gasteiger charge is -2.49. The van der Waals surface area contributed by atoms with Gasteiger partial charge in [-0.25, -0.2) is 14.5 Å². The molecule has 2 saturated heterocycles. The first-order chi connectivity index (χ1) is 14.9. The van der Waals surface area contributed by atoms with E-state index in [4.69, 9.17) is 0 Å². The summed E-state index contributed by atoms with van der Waals surface area (Å²) >= 11 is 0. The van der Waals surface area contributed by atoms with Crippen molar-refractivity contribution < 1.29 is 9.90 Å². The average Bonchev–Trinajstić information content (AvgIpc) is 3.37. The summed E-state index contributed by atoms with van der Waals surface area (Å²) in [5.41, 5.74) is 2.20. The number of imidazole rings is 1. The Labute approximate surface area is 181 Å². The summed E-state index contributed by atoms with van der Waals surface area (Å²) in [5.74, 6) is 1.02. The van der Waals surface area contributed by atoms with Gasteiger partial charge in [0.15, 0.2) is 5.65 Å². The van der Waals surface area contributed by atoms with Gasteiger partial charge in [-0.15, -0.1) is 0 Å². The van der Waals surface area contributed by atoms with Crippen LogP contribution in [0.5, 0.6) is 0 Å². The first kappa shape index (κ1) is 20.1. The van der Waals surface area contributed by atoms with Crippen LogP contribution in [0.3, 0.4) is 0 Å². The average molecular weight is 424 g/mol. The van der Waals surface area contributed by atoms with E-state index < -0.39 is 0 Å². The lowest BCUT2D eigenvalue weighted by molar-refractivity contribution is -0.0413. The molecule has 1 atom stereocenters. The van der Waals surface area contributed by atoms with Crippen molar-refractivity contribution in [2.75, 3.05) is 26.2 Å². The number of aliphatic hydroxyl groups excluding tert-OH is 1. The number of fused-ring (bicyclic) bond motifs is 1. The Morgan fingerprint density at radius 2 is 2.06 bits per heavy atom. The largest absolute Gasteiger partial charge is 0.392 e. The van der Waals surface area contributed by atoms with Crippen molar-refractivity contribution in [3.63, 3.8) is 0 Å². The second-order valence-corrected chi connectivity index (χ2v) is 9.13. The fourth-order valence-electron chi connectivity index (χ4n) is 5.25. The van der Waals surface area contributed by atoms with Gasteiger partial charge < -0.3 is 14.6 Å². The molecular weight excluding hydrogens is 394 g/mol. The van der Waals surface area contributed by atoms with Gasteiger partial charge in [0.2, 0.25) is 0 Å². The molecule has 9 nitrogen and oxygen atoms in total. The molecule has 3 aromatic heterocycles. The second kappa shape index (κ2) is 7.72. The molecular formula is C22H29N7O2. The highest BCUT2D eigenvalue weighted by Crippen LogP contribution is 2.40. The number of carbonyl (C=O) groups excluding carboxylic acids is 1. The summed E-state index contributed by atoms with van der Waals surface area (Å²) in [7, 11) is 2.00. The fourth-order valence-corrected chi connectivity index (χ4v) is 5.25. The number of nitrogens with zero attached hydrogens (tertiary/aromatic N) is 7. The number of aromatic nitrogens is 5. The molecule has 2 aliphatic heterocycles. The van der Waals surface area contributed by atoms with Crippen LogP contribution in [0.25, 0.3) is 5.65 Å². The van der Waals surface area contributed by atoms with Crippen molar-refractivity contribution in [3.8, 4) is 0 Å². The van der Waals surface area contributed by atoms with E-state index >= 15 is 0 Å². The predicted molar refractivity (Wildman–Crippen MR) is 114 cm³/mol. The summed E-state index contributed by atoms with van der Waals surface area (Å²) < 4.78 is 3.74. The van der Waals surface area contributed by atoms with Gasteiger partial charge in [0.05, 0.1) is 30.1 Å². The summed E-state index contributed by atoms with van der Waals surface area (Å²) in [5, 5.41) is 14.9. The van der Waals surface area contributed by atoms with Gasteiger partial charge in [-0.1, -0.05) is 0 Å². The quantitative estimate of drug-likeness (QED) is 0.682. The molecule has 9 heteroatoms. The van der Waals surface area contributed by atoms with Crippen molar-refractivity contribution >= 4 is 11.6 Å². The van der Waals surface area contributed by atoms with Crippen molar-refractivity contribution in [1.29, 1.82) is 0 Å². The van der Waals surface area contributed by atoms with Gasteiger partial charge in [-0.3, -0.25) is 9.69 Å². The third-order valence-corrected chi connectivity index (χ3v) is 6.98. The number of likely N-dealkylation sites (tertiary alicyclic amines) is 2. The van der Waals surface area contributed by atoms with E-state index in [-0.39, 0.29) is 17.4 Å². The molecule has 5 rings (SSSR count).